The molecule has 0 amide bonds. The molecule has 6 heteroatoms. The molecule has 0 spiro atoms. The van der Waals surface area contributed by atoms with Crippen LogP contribution in [0.5, 0.6) is 0 Å². The fraction of sp³-hybridized carbons (Fsp3) is 0.300. The molecule has 3 N–H and O–H groups in total. The van der Waals surface area contributed by atoms with Crippen LogP contribution in [0, 0.1) is 15.5 Å². The average Bonchev–Trinajstić information content (AvgIpc) is 2.16. The Morgan fingerprint density at radius 3 is 2.50 bits per heavy atom. The van der Waals surface area contributed by atoms with E-state index in [1.54, 1.807) is 26.0 Å². The Hall–Kier alpha value is -1.43. The summed E-state index contributed by atoms with van der Waals surface area (Å²) in [5, 5.41) is 18.1. The largest absolute Gasteiger partial charge is 0.387 e. The smallest absolute Gasteiger partial charge is 0.283 e. The number of nitrogens with two attached hydrogens (primary N) is 1. The first-order valence-electron chi connectivity index (χ1n) is 4.55. The number of nitrogens with one attached hydrogen (secondary N) is 1. The van der Waals surface area contributed by atoms with E-state index in [0.29, 0.717) is 4.47 Å². The lowest BCUT2D eigenvalue weighted by atomic mass is 9.83. The summed E-state index contributed by atoms with van der Waals surface area (Å²) < 4.78 is 0.393. The molecule has 0 saturated heterocycles. The molecule has 0 saturated carbocycles. The zero-order valence-corrected chi connectivity index (χ0v) is 10.5. The lowest BCUT2D eigenvalue weighted by molar-refractivity contribution is -0.385. The van der Waals surface area contributed by atoms with Gasteiger partial charge in [0, 0.05) is 11.5 Å². The van der Waals surface area contributed by atoms with Crippen molar-refractivity contribution in [2.45, 2.75) is 19.3 Å². The first-order valence-corrected chi connectivity index (χ1v) is 5.35. The van der Waals surface area contributed by atoms with Gasteiger partial charge in [-0.25, -0.2) is 0 Å². The number of nitro benzene ring substituents is 1. The van der Waals surface area contributed by atoms with Crippen molar-refractivity contribution in [3.05, 3.63) is 38.3 Å². The van der Waals surface area contributed by atoms with E-state index in [1.807, 2.05) is 0 Å². The van der Waals surface area contributed by atoms with Crippen molar-refractivity contribution in [1.82, 2.24) is 0 Å². The summed E-state index contributed by atoms with van der Waals surface area (Å²) in [4.78, 5) is 10.2. The maximum Gasteiger partial charge on any atom is 0.283 e. The van der Waals surface area contributed by atoms with E-state index in [2.05, 4.69) is 15.9 Å². The number of nitro groups is 1. The van der Waals surface area contributed by atoms with Crippen LogP contribution in [0.2, 0.25) is 0 Å². The van der Waals surface area contributed by atoms with Crippen molar-refractivity contribution in [2.75, 3.05) is 0 Å². The van der Waals surface area contributed by atoms with Crippen LogP contribution in [-0.4, -0.2) is 10.8 Å². The Morgan fingerprint density at radius 2 is 2.12 bits per heavy atom. The molecule has 0 fully saturated rings. The van der Waals surface area contributed by atoms with Crippen LogP contribution in [0.25, 0.3) is 0 Å². The number of benzene rings is 1. The number of amidine groups is 1. The van der Waals surface area contributed by atoms with Gasteiger partial charge in [-0.15, -0.1) is 0 Å². The van der Waals surface area contributed by atoms with E-state index in [0.717, 1.165) is 5.56 Å². The van der Waals surface area contributed by atoms with Crippen LogP contribution < -0.4 is 5.73 Å². The summed E-state index contributed by atoms with van der Waals surface area (Å²) in [6.07, 6.45) is 0. The average molecular weight is 286 g/mol. The van der Waals surface area contributed by atoms with Gasteiger partial charge in [0.15, 0.2) is 0 Å². The molecule has 0 bridgehead atoms. The second-order valence-electron chi connectivity index (χ2n) is 3.96. The van der Waals surface area contributed by atoms with E-state index in [1.165, 1.54) is 6.07 Å². The third-order valence-electron chi connectivity index (χ3n) is 2.54. The molecule has 0 aliphatic heterocycles. The molecular formula is C10H12BrN3O2. The van der Waals surface area contributed by atoms with Gasteiger partial charge in [0.05, 0.1) is 9.40 Å². The topological polar surface area (TPSA) is 93.0 Å². The minimum Gasteiger partial charge on any atom is -0.387 e. The normalized spacial score (nSPS) is 11.2. The van der Waals surface area contributed by atoms with Crippen molar-refractivity contribution < 1.29 is 4.92 Å². The second kappa shape index (κ2) is 4.21. The molecule has 5 nitrogen and oxygen atoms in total. The Kier molecular flexibility index (Phi) is 3.32. The van der Waals surface area contributed by atoms with Crippen LogP contribution >= 0.6 is 15.9 Å². The molecule has 0 aliphatic rings. The maximum absolute atomic E-state index is 10.6. The molecule has 1 aromatic carbocycles. The summed E-state index contributed by atoms with van der Waals surface area (Å²) >= 11 is 3.14. The fourth-order valence-corrected chi connectivity index (χ4v) is 1.72. The molecule has 1 rings (SSSR count). The maximum atomic E-state index is 10.6. The monoisotopic (exact) mass is 285 g/mol. The predicted molar refractivity (Wildman–Crippen MR) is 65.7 cm³/mol. The van der Waals surface area contributed by atoms with E-state index in [9.17, 15) is 10.1 Å². The van der Waals surface area contributed by atoms with Crippen LogP contribution in [-0.2, 0) is 5.41 Å². The van der Waals surface area contributed by atoms with Gasteiger partial charge in [0.2, 0.25) is 0 Å². The summed E-state index contributed by atoms with van der Waals surface area (Å²) in [5.41, 5.74) is 5.62. The number of halogens is 1. The molecule has 0 heterocycles. The highest BCUT2D eigenvalue weighted by Gasteiger charge is 2.26. The Balaban J connectivity index is 3.26. The highest BCUT2D eigenvalue weighted by Crippen LogP contribution is 2.31. The molecule has 0 aliphatic carbocycles. The molecule has 86 valence electrons. The van der Waals surface area contributed by atoms with Gasteiger partial charge in [-0.2, -0.15) is 0 Å². The van der Waals surface area contributed by atoms with E-state index in [4.69, 9.17) is 11.1 Å². The number of rotatable bonds is 3. The van der Waals surface area contributed by atoms with Crippen molar-refractivity contribution in [3.63, 3.8) is 0 Å². The van der Waals surface area contributed by atoms with Gasteiger partial charge >= 0.3 is 0 Å². The Morgan fingerprint density at radius 1 is 1.56 bits per heavy atom. The highest BCUT2D eigenvalue weighted by molar-refractivity contribution is 9.10. The lowest BCUT2D eigenvalue weighted by Crippen LogP contribution is -2.34. The van der Waals surface area contributed by atoms with Gasteiger partial charge in [-0.3, -0.25) is 15.5 Å². The highest BCUT2D eigenvalue weighted by atomic mass is 79.9. The van der Waals surface area contributed by atoms with Crippen LogP contribution in [0.15, 0.2) is 22.7 Å². The Bertz CT molecular complexity index is 457. The minimum atomic E-state index is -0.627. The van der Waals surface area contributed by atoms with Gasteiger partial charge in [0.25, 0.3) is 5.69 Å². The van der Waals surface area contributed by atoms with Gasteiger partial charge in [-0.05, 0) is 41.4 Å². The molecule has 16 heavy (non-hydrogen) atoms. The summed E-state index contributed by atoms with van der Waals surface area (Å²) in [5.74, 6) is 0.0215. The first-order chi connectivity index (χ1) is 7.26. The van der Waals surface area contributed by atoms with Gasteiger partial charge in [-0.1, -0.05) is 6.07 Å². The molecule has 0 aromatic heterocycles. The zero-order valence-electron chi connectivity index (χ0n) is 8.95. The quantitative estimate of drug-likeness (QED) is 0.387. The van der Waals surface area contributed by atoms with Crippen LogP contribution in [0.4, 0.5) is 5.69 Å². The predicted octanol–water partition coefficient (Wildman–Crippen LogP) is 2.57. The van der Waals surface area contributed by atoms with Crippen molar-refractivity contribution in [1.29, 1.82) is 5.41 Å². The third-order valence-corrected chi connectivity index (χ3v) is 3.17. The fourth-order valence-electron chi connectivity index (χ4n) is 1.20. The van der Waals surface area contributed by atoms with Crippen LogP contribution in [0.3, 0.4) is 0 Å². The molecule has 0 radical (unpaired) electrons. The summed E-state index contributed by atoms with van der Waals surface area (Å²) in [6, 6.07) is 4.65. The molecule has 0 unspecified atom stereocenters. The van der Waals surface area contributed by atoms with Crippen molar-refractivity contribution in [3.8, 4) is 0 Å². The minimum absolute atomic E-state index is 0.00287. The second-order valence-corrected chi connectivity index (χ2v) is 4.82. The van der Waals surface area contributed by atoms with Crippen LogP contribution in [0.1, 0.15) is 19.4 Å². The van der Waals surface area contributed by atoms with Crippen molar-refractivity contribution >= 4 is 27.5 Å². The zero-order chi connectivity index (χ0) is 12.5. The van der Waals surface area contributed by atoms with E-state index in [-0.39, 0.29) is 11.5 Å². The first kappa shape index (κ1) is 12.6. The molecule has 1 aromatic rings. The number of hydrogen-bond donors (Lipinski definition) is 2. The number of hydrogen-bond acceptors (Lipinski definition) is 3. The lowest BCUT2D eigenvalue weighted by Gasteiger charge is -2.23. The van der Waals surface area contributed by atoms with E-state index < -0.39 is 10.3 Å². The standard InChI is InChI=1S/C10H12BrN3O2/c1-10(2,9(12)13)6-3-4-8(14(15)16)7(11)5-6/h3-5H,1-2H3,(H3,12,13). The van der Waals surface area contributed by atoms with Gasteiger partial charge in [0.1, 0.15) is 5.84 Å². The SMILES string of the molecule is CC(C)(C(=N)N)c1ccc([N+](=O)[O-])c(Br)c1. The Labute approximate surface area is 101 Å². The van der Waals surface area contributed by atoms with Crippen molar-refractivity contribution in [2.24, 2.45) is 5.73 Å². The number of nitrogens with zero attached hydrogens (tertiary/aromatic N) is 1. The third kappa shape index (κ3) is 2.21. The molecule has 0 atom stereocenters. The van der Waals surface area contributed by atoms with E-state index >= 15 is 0 Å². The summed E-state index contributed by atoms with van der Waals surface area (Å²) in [7, 11) is 0. The summed E-state index contributed by atoms with van der Waals surface area (Å²) in [6.45, 7) is 3.59. The molecular weight excluding hydrogens is 274 g/mol. The van der Waals surface area contributed by atoms with Gasteiger partial charge < -0.3 is 5.73 Å².